The smallest absolute Gasteiger partial charge is 0.166 e. The van der Waals surface area contributed by atoms with Crippen LogP contribution in [-0.4, -0.2) is 18.4 Å². The summed E-state index contributed by atoms with van der Waals surface area (Å²) in [6.45, 7) is 1.00. The van der Waals surface area contributed by atoms with E-state index in [1.165, 1.54) is 0 Å². The first-order chi connectivity index (χ1) is 7.68. The normalized spacial score (nSPS) is 19.9. The van der Waals surface area contributed by atoms with Crippen molar-refractivity contribution in [1.29, 1.82) is 0 Å². The van der Waals surface area contributed by atoms with E-state index in [0.29, 0.717) is 28.7 Å². The van der Waals surface area contributed by atoms with E-state index in [4.69, 9.17) is 17.3 Å². The number of benzene rings is 1. The van der Waals surface area contributed by atoms with Crippen LogP contribution >= 0.6 is 11.6 Å². The van der Waals surface area contributed by atoms with Crippen LogP contribution in [0.2, 0.25) is 5.02 Å². The van der Waals surface area contributed by atoms with Gasteiger partial charge in [-0.2, -0.15) is 0 Å². The first kappa shape index (κ1) is 11.4. The van der Waals surface area contributed by atoms with Crippen LogP contribution in [0.15, 0.2) is 18.2 Å². The van der Waals surface area contributed by atoms with Gasteiger partial charge in [-0.1, -0.05) is 17.7 Å². The van der Waals surface area contributed by atoms with Gasteiger partial charge in [-0.3, -0.25) is 4.79 Å². The van der Waals surface area contributed by atoms with Gasteiger partial charge in [0.25, 0.3) is 0 Å². The molecule has 0 amide bonds. The van der Waals surface area contributed by atoms with Gasteiger partial charge in [0.1, 0.15) is 0 Å². The van der Waals surface area contributed by atoms with Crippen LogP contribution in [0, 0.1) is 0 Å². The molecule has 1 aromatic rings. The molecule has 0 aliphatic carbocycles. The number of rotatable bonds is 3. The number of carbonyl (C=O) groups excluding carboxylic acids is 1. The van der Waals surface area contributed by atoms with Crippen molar-refractivity contribution in [2.24, 2.45) is 0 Å². The van der Waals surface area contributed by atoms with Gasteiger partial charge in [-0.15, -0.1) is 0 Å². The van der Waals surface area contributed by atoms with Crippen LogP contribution < -0.4 is 11.1 Å². The Hall–Kier alpha value is -1.06. The highest BCUT2D eigenvalue weighted by molar-refractivity contribution is 6.34. The fourth-order valence-electron chi connectivity index (χ4n) is 2.04. The second kappa shape index (κ2) is 4.85. The molecule has 3 nitrogen and oxygen atoms in total. The molecule has 1 aliphatic rings. The molecule has 0 radical (unpaired) electrons. The predicted molar refractivity (Wildman–Crippen MR) is 65.8 cm³/mol. The van der Waals surface area contributed by atoms with E-state index in [9.17, 15) is 4.79 Å². The maximum Gasteiger partial charge on any atom is 0.166 e. The van der Waals surface area contributed by atoms with Crippen LogP contribution in [0.5, 0.6) is 0 Å². The molecule has 86 valence electrons. The van der Waals surface area contributed by atoms with Crippen molar-refractivity contribution in [3.05, 3.63) is 28.8 Å². The molecule has 4 heteroatoms. The number of hydrogen-bond donors (Lipinski definition) is 2. The summed E-state index contributed by atoms with van der Waals surface area (Å²) in [6.07, 6.45) is 2.71. The number of para-hydroxylation sites is 1. The number of nitrogens with two attached hydrogens (primary N) is 1. The molecule has 0 aromatic heterocycles. The summed E-state index contributed by atoms with van der Waals surface area (Å²) in [6, 6.07) is 5.49. The molecule has 0 saturated carbocycles. The summed E-state index contributed by atoms with van der Waals surface area (Å²) in [4.78, 5) is 12.0. The molecule has 1 aliphatic heterocycles. The van der Waals surface area contributed by atoms with Gasteiger partial charge in [0, 0.05) is 18.0 Å². The van der Waals surface area contributed by atoms with E-state index in [-0.39, 0.29) is 5.78 Å². The zero-order chi connectivity index (χ0) is 11.5. The van der Waals surface area contributed by atoms with Crippen molar-refractivity contribution < 1.29 is 4.79 Å². The Morgan fingerprint density at radius 1 is 1.56 bits per heavy atom. The van der Waals surface area contributed by atoms with E-state index in [0.717, 1.165) is 19.4 Å². The van der Waals surface area contributed by atoms with Crippen molar-refractivity contribution in [2.75, 3.05) is 12.3 Å². The average molecular weight is 239 g/mol. The zero-order valence-corrected chi connectivity index (χ0v) is 9.76. The van der Waals surface area contributed by atoms with Gasteiger partial charge in [0.15, 0.2) is 5.78 Å². The molecule has 1 heterocycles. The van der Waals surface area contributed by atoms with E-state index >= 15 is 0 Å². The van der Waals surface area contributed by atoms with Gasteiger partial charge in [-0.05, 0) is 31.5 Å². The Kier molecular flexibility index (Phi) is 3.46. The lowest BCUT2D eigenvalue weighted by molar-refractivity contribution is 0.0972. The SMILES string of the molecule is Nc1c(Cl)cccc1C(=O)CC1CCCN1. The highest BCUT2D eigenvalue weighted by Crippen LogP contribution is 2.24. The quantitative estimate of drug-likeness (QED) is 0.627. The molecule has 2 rings (SSSR count). The summed E-state index contributed by atoms with van der Waals surface area (Å²) >= 11 is 5.88. The Morgan fingerprint density at radius 3 is 3.06 bits per heavy atom. The number of anilines is 1. The van der Waals surface area contributed by atoms with Gasteiger partial charge < -0.3 is 11.1 Å². The van der Waals surface area contributed by atoms with Crippen LogP contribution in [0.1, 0.15) is 29.6 Å². The summed E-state index contributed by atoms with van der Waals surface area (Å²) in [5.74, 6) is 0.0689. The van der Waals surface area contributed by atoms with Crippen LogP contribution in [0.4, 0.5) is 5.69 Å². The third kappa shape index (κ3) is 2.36. The van der Waals surface area contributed by atoms with E-state index in [1.807, 2.05) is 0 Å². The third-order valence-corrected chi connectivity index (χ3v) is 3.28. The average Bonchev–Trinajstić information content (AvgIpc) is 2.74. The molecule has 1 unspecified atom stereocenters. The minimum absolute atomic E-state index is 0.0689. The molecule has 1 fully saturated rings. The molecule has 0 bridgehead atoms. The first-order valence-electron chi connectivity index (χ1n) is 5.49. The number of halogens is 1. The fourth-order valence-corrected chi connectivity index (χ4v) is 2.22. The summed E-state index contributed by atoms with van der Waals surface area (Å²) in [7, 11) is 0. The fraction of sp³-hybridized carbons (Fsp3) is 0.417. The topological polar surface area (TPSA) is 55.1 Å². The molecule has 1 atom stereocenters. The maximum absolute atomic E-state index is 12.0. The summed E-state index contributed by atoms with van der Waals surface area (Å²) < 4.78 is 0. The largest absolute Gasteiger partial charge is 0.397 e. The number of ketones is 1. The van der Waals surface area contributed by atoms with Gasteiger partial charge >= 0.3 is 0 Å². The van der Waals surface area contributed by atoms with Gasteiger partial charge in [-0.25, -0.2) is 0 Å². The third-order valence-electron chi connectivity index (χ3n) is 2.95. The highest BCUT2D eigenvalue weighted by atomic mass is 35.5. The van der Waals surface area contributed by atoms with Crippen molar-refractivity contribution in [3.8, 4) is 0 Å². The number of hydrogen-bond acceptors (Lipinski definition) is 3. The van der Waals surface area contributed by atoms with Gasteiger partial charge in [0.2, 0.25) is 0 Å². The lowest BCUT2D eigenvalue weighted by Gasteiger charge is -2.10. The molecule has 1 saturated heterocycles. The zero-order valence-electron chi connectivity index (χ0n) is 9.00. The van der Waals surface area contributed by atoms with Crippen molar-refractivity contribution >= 4 is 23.1 Å². The Morgan fingerprint density at radius 2 is 2.38 bits per heavy atom. The lowest BCUT2D eigenvalue weighted by Crippen LogP contribution is -2.24. The molecule has 0 spiro atoms. The van der Waals surface area contributed by atoms with Crippen LogP contribution in [-0.2, 0) is 0 Å². The van der Waals surface area contributed by atoms with Crippen molar-refractivity contribution in [3.63, 3.8) is 0 Å². The van der Waals surface area contributed by atoms with Crippen molar-refractivity contribution in [1.82, 2.24) is 5.32 Å². The first-order valence-corrected chi connectivity index (χ1v) is 5.87. The second-order valence-electron chi connectivity index (χ2n) is 4.12. The Balaban J connectivity index is 2.11. The van der Waals surface area contributed by atoms with E-state index in [1.54, 1.807) is 18.2 Å². The Bertz CT molecular complexity index is 400. The van der Waals surface area contributed by atoms with Crippen LogP contribution in [0.25, 0.3) is 0 Å². The standard InChI is InChI=1S/C12H15ClN2O/c13-10-5-1-4-9(12(10)14)11(16)7-8-3-2-6-15-8/h1,4-5,8,15H,2-3,6-7,14H2. The molecule has 3 N–H and O–H groups in total. The van der Waals surface area contributed by atoms with E-state index < -0.39 is 0 Å². The number of carbonyl (C=O) groups is 1. The molecular weight excluding hydrogens is 224 g/mol. The minimum Gasteiger partial charge on any atom is -0.397 e. The lowest BCUT2D eigenvalue weighted by atomic mass is 10.0. The Labute approximate surface area is 100.0 Å². The molecular formula is C12H15ClN2O. The monoisotopic (exact) mass is 238 g/mol. The van der Waals surface area contributed by atoms with Gasteiger partial charge in [0.05, 0.1) is 10.7 Å². The number of nitrogens with one attached hydrogen (secondary N) is 1. The highest BCUT2D eigenvalue weighted by Gasteiger charge is 2.20. The number of nitrogen functional groups attached to an aromatic ring is 1. The number of Topliss-reactive ketones (excluding diaryl/α,β-unsaturated/α-hetero) is 1. The molecule has 1 aromatic carbocycles. The minimum atomic E-state index is 0.0689. The summed E-state index contributed by atoms with van der Waals surface area (Å²) in [5, 5.41) is 3.75. The summed E-state index contributed by atoms with van der Waals surface area (Å²) in [5.41, 5.74) is 6.72. The predicted octanol–water partition coefficient (Wildman–Crippen LogP) is 2.25. The van der Waals surface area contributed by atoms with E-state index in [2.05, 4.69) is 5.32 Å². The molecule has 16 heavy (non-hydrogen) atoms. The maximum atomic E-state index is 12.0. The van der Waals surface area contributed by atoms with Crippen molar-refractivity contribution in [2.45, 2.75) is 25.3 Å². The second-order valence-corrected chi connectivity index (χ2v) is 4.53. The van der Waals surface area contributed by atoms with Crippen LogP contribution in [0.3, 0.4) is 0 Å².